The van der Waals surface area contributed by atoms with Gasteiger partial charge in [-0.1, -0.05) is 31.7 Å². The van der Waals surface area contributed by atoms with Crippen LogP contribution < -0.4 is 5.32 Å². The Morgan fingerprint density at radius 1 is 1.30 bits per heavy atom. The quantitative estimate of drug-likeness (QED) is 0.836. The molecule has 1 aliphatic carbocycles. The van der Waals surface area contributed by atoms with E-state index in [2.05, 4.69) is 5.32 Å². The van der Waals surface area contributed by atoms with Gasteiger partial charge >= 0.3 is 0 Å². The summed E-state index contributed by atoms with van der Waals surface area (Å²) >= 11 is 0. The molecule has 1 saturated carbocycles. The topological polar surface area (TPSA) is 49.3 Å². The van der Waals surface area contributed by atoms with Crippen molar-refractivity contribution in [3.63, 3.8) is 0 Å². The number of rotatable bonds is 3. The van der Waals surface area contributed by atoms with Crippen molar-refractivity contribution in [2.75, 3.05) is 6.54 Å². The van der Waals surface area contributed by atoms with Gasteiger partial charge in [0.25, 0.3) is 5.91 Å². The van der Waals surface area contributed by atoms with Crippen LogP contribution in [0, 0.1) is 12.7 Å². The van der Waals surface area contributed by atoms with Crippen LogP contribution in [0.3, 0.4) is 0 Å². The molecule has 0 heterocycles. The van der Waals surface area contributed by atoms with Gasteiger partial charge in [0.1, 0.15) is 5.82 Å². The van der Waals surface area contributed by atoms with E-state index in [0.717, 1.165) is 44.1 Å². The van der Waals surface area contributed by atoms with E-state index >= 15 is 0 Å². The van der Waals surface area contributed by atoms with Crippen LogP contribution in [-0.4, -0.2) is 23.2 Å². The second-order valence-electron chi connectivity index (χ2n) is 5.78. The van der Waals surface area contributed by atoms with Crippen molar-refractivity contribution in [2.24, 2.45) is 0 Å². The lowest BCUT2D eigenvalue weighted by molar-refractivity contribution is 0.0246. The van der Waals surface area contributed by atoms with Crippen LogP contribution in [0.1, 0.15) is 54.4 Å². The van der Waals surface area contributed by atoms with Crippen molar-refractivity contribution in [3.05, 3.63) is 35.1 Å². The molecule has 0 aromatic heterocycles. The third-order valence-corrected chi connectivity index (χ3v) is 4.06. The summed E-state index contributed by atoms with van der Waals surface area (Å²) in [7, 11) is 0. The Morgan fingerprint density at radius 2 is 1.95 bits per heavy atom. The van der Waals surface area contributed by atoms with E-state index in [1.165, 1.54) is 12.1 Å². The molecular formula is C16H22FNO2. The monoisotopic (exact) mass is 279 g/mol. The molecule has 2 rings (SSSR count). The molecule has 1 aromatic carbocycles. The minimum Gasteiger partial charge on any atom is -0.388 e. The molecule has 0 aliphatic heterocycles. The van der Waals surface area contributed by atoms with Crippen molar-refractivity contribution in [2.45, 2.75) is 51.0 Å². The fraction of sp³-hybridized carbons (Fsp3) is 0.562. The Hall–Kier alpha value is -1.42. The lowest BCUT2D eigenvalue weighted by Crippen LogP contribution is -2.42. The first-order valence-corrected chi connectivity index (χ1v) is 7.27. The summed E-state index contributed by atoms with van der Waals surface area (Å²) in [4.78, 5) is 12.1. The predicted molar refractivity (Wildman–Crippen MR) is 76.1 cm³/mol. The van der Waals surface area contributed by atoms with Gasteiger partial charge in [0, 0.05) is 12.1 Å². The van der Waals surface area contributed by atoms with Gasteiger partial charge < -0.3 is 10.4 Å². The normalized spacial score (nSPS) is 18.4. The van der Waals surface area contributed by atoms with Crippen molar-refractivity contribution < 1.29 is 14.3 Å². The SMILES string of the molecule is Cc1ccc(F)cc1C(=O)NCC1(O)CCCCCC1. The van der Waals surface area contributed by atoms with Crippen LogP contribution >= 0.6 is 0 Å². The Morgan fingerprint density at radius 3 is 2.60 bits per heavy atom. The van der Waals surface area contributed by atoms with Crippen LogP contribution in [0.2, 0.25) is 0 Å². The Bertz CT molecular complexity index is 479. The smallest absolute Gasteiger partial charge is 0.251 e. The highest BCUT2D eigenvalue weighted by molar-refractivity contribution is 5.95. The number of aryl methyl sites for hydroxylation is 1. The largest absolute Gasteiger partial charge is 0.388 e. The van der Waals surface area contributed by atoms with E-state index < -0.39 is 11.4 Å². The van der Waals surface area contributed by atoms with Gasteiger partial charge in [0.15, 0.2) is 0 Å². The van der Waals surface area contributed by atoms with Gasteiger partial charge in [0.05, 0.1) is 5.60 Å². The molecule has 1 amide bonds. The molecule has 1 aliphatic rings. The fourth-order valence-corrected chi connectivity index (χ4v) is 2.74. The zero-order valence-electron chi connectivity index (χ0n) is 11.9. The van der Waals surface area contributed by atoms with E-state index in [9.17, 15) is 14.3 Å². The van der Waals surface area contributed by atoms with Gasteiger partial charge in [-0.3, -0.25) is 4.79 Å². The summed E-state index contributed by atoms with van der Waals surface area (Å²) in [6, 6.07) is 4.16. The number of hydrogen-bond donors (Lipinski definition) is 2. The molecule has 0 saturated heterocycles. The highest BCUT2D eigenvalue weighted by Crippen LogP contribution is 2.26. The molecule has 0 bridgehead atoms. The number of halogens is 1. The number of carbonyl (C=O) groups is 1. The molecule has 3 nitrogen and oxygen atoms in total. The maximum absolute atomic E-state index is 13.2. The zero-order valence-corrected chi connectivity index (χ0v) is 11.9. The summed E-state index contributed by atoms with van der Waals surface area (Å²) in [6.45, 7) is 2.01. The van der Waals surface area contributed by atoms with Crippen molar-refractivity contribution in [1.82, 2.24) is 5.32 Å². The Balaban J connectivity index is 1.99. The highest BCUT2D eigenvalue weighted by atomic mass is 19.1. The maximum Gasteiger partial charge on any atom is 0.251 e. The van der Waals surface area contributed by atoms with Crippen LogP contribution in [-0.2, 0) is 0 Å². The molecule has 0 atom stereocenters. The van der Waals surface area contributed by atoms with Gasteiger partial charge in [0.2, 0.25) is 0 Å². The van der Waals surface area contributed by atoms with Crippen molar-refractivity contribution in [1.29, 1.82) is 0 Å². The number of amides is 1. The van der Waals surface area contributed by atoms with Crippen LogP contribution in [0.25, 0.3) is 0 Å². The maximum atomic E-state index is 13.2. The minimum atomic E-state index is -0.812. The minimum absolute atomic E-state index is 0.238. The standard InChI is InChI=1S/C16H22FNO2/c1-12-6-7-13(17)10-14(12)15(19)18-11-16(20)8-4-2-3-5-9-16/h6-7,10,20H,2-5,8-9,11H2,1H3,(H,18,19). The van der Waals surface area contributed by atoms with E-state index in [1.54, 1.807) is 13.0 Å². The van der Waals surface area contributed by atoms with Gasteiger partial charge in [-0.2, -0.15) is 0 Å². The first-order valence-electron chi connectivity index (χ1n) is 7.27. The molecule has 110 valence electrons. The molecule has 1 aromatic rings. The first kappa shape index (κ1) is 15.0. The third kappa shape index (κ3) is 3.79. The molecular weight excluding hydrogens is 257 g/mol. The summed E-state index contributed by atoms with van der Waals surface area (Å²) < 4.78 is 13.2. The fourth-order valence-electron chi connectivity index (χ4n) is 2.74. The predicted octanol–water partition coefficient (Wildman–Crippen LogP) is 2.95. The zero-order chi connectivity index (χ0) is 14.6. The van der Waals surface area contributed by atoms with Crippen LogP contribution in [0.5, 0.6) is 0 Å². The molecule has 0 unspecified atom stereocenters. The van der Waals surface area contributed by atoms with E-state index in [4.69, 9.17) is 0 Å². The number of benzene rings is 1. The lowest BCUT2D eigenvalue weighted by atomic mass is 9.94. The van der Waals surface area contributed by atoms with Crippen molar-refractivity contribution in [3.8, 4) is 0 Å². The van der Waals surface area contributed by atoms with Gasteiger partial charge in [-0.05, 0) is 37.5 Å². The average Bonchev–Trinajstić information content (AvgIpc) is 2.64. The van der Waals surface area contributed by atoms with Gasteiger partial charge in [-0.25, -0.2) is 4.39 Å². The van der Waals surface area contributed by atoms with E-state index in [1.807, 2.05) is 0 Å². The van der Waals surface area contributed by atoms with E-state index in [-0.39, 0.29) is 12.5 Å². The summed E-state index contributed by atoms with van der Waals surface area (Å²) in [5.41, 5.74) is 0.256. The lowest BCUT2D eigenvalue weighted by Gasteiger charge is -2.27. The number of carbonyl (C=O) groups excluding carboxylic acids is 1. The number of aliphatic hydroxyl groups is 1. The summed E-state index contributed by atoms with van der Waals surface area (Å²) in [5, 5.41) is 13.2. The molecule has 0 spiro atoms. The number of nitrogens with one attached hydrogen (secondary N) is 1. The molecule has 0 radical (unpaired) electrons. The second kappa shape index (κ2) is 6.35. The van der Waals surface area contributed by atoms with Crippen LogP contribution in [0.15, 0.2) is 18.2 Å². The Labute approximate surface area is 119 Å². The highest BCUT2D eigenvalue weighted by Gasteiger charge is 2.28. The number of hydrogen-bond acceptors (Lipinski definition) is 2. The second-order valence-corrected chi connectivity index (χ2v) is 5.78. The third-order valence-electron chi connectivity index (χ3n) is 4.06. The van der Waals surface area contributed by atoms with E-state index in [0.29, 0.717) is 5.56 Å². The van der Waals surface area contributed by atoms with Crippen molar-refractivity contribution >= 4 is 5.91 Å². The Kier molecular flexibility index (Phi) is 4.76. The van der Waals surface area contributed by atoms with Crippen LogP contribution in [0.4, 0.5) is 4.39 Å². The van der Waals surface area contributed by atoms with Gasteiger partial charge in [-0.15, -0.1) is 0 Å². The summed E-state index contributed by atoms with van der Waals surface area (Å²) in [6.07, 6.45) is 5.69. The molecule has 20 heavy (non-hydrogen) atoms. The molecule has 2 N–H and O–H groups in total. The average molecular weight is 279 g/mol. The molecule has 1 fully saturated rings. The first-order chi connectivity index (χ1) is 9.50. The molecule has 4 heteroatoms. The summed E-state index contributed by atoms with van der Waals surface area (Å²) in [5.74, 6) is -0.742.